The number of carboxylic acid groups (broad SMARTS) is 1. The van der Waals surface area contributed by atoms with Gasteiger partial charge in [0.05, 0.1) is 11.1 Å². The molecule has 0 bridgehead atoms. The van der Waals surface area contributed by atoms with Gasteiger partial charge in [-0.1, -0.05) is 45.7 Å². The highest BCUT2D eigenvalue weighted by Gasteiger charge is 2.24. The topological polar surface area (TPSA) is 91.3 Å². The van der Waals surface area contributed by atoms with Gasteiger partial charge in [-0.3, -0.25) is 9.59 Å². The molecule has 3 aromatic rings. The van der Waals surface area contributed by atoms with E-state index in [1.165, 1.54) is 12.8 Å². The van der Waals surface area contributed by atoms with E-state index in [0.29, 0.717) is 22.9 Å². The number of aromatic nitrogens is 1. The predicted molar refractivity (Wildman–Crippen MR) is 139 cm³/mol. The third kappa shape index (κ3) is 5.88. The number of fused-ring (bicyclic) bond motifs is 1. The van der Waals surface area contributed by atoms with Crippen molar-refractivity contribution in [3.8, 4) is 0 Å². The van der Waals surface area contributed by atoms with Crippen LogP contribution in [0.4, 0.5) is 5.82 Å². The number of aliphatic carboxylic acids is 1. The summed E-state index contributed by atoms with van der Waals surface area (Å²) in [5.41, 5.74) is 2.94. The van der Waals surface area contributed by atoms with Gasteiger partial charge in [0.1, 0.15) is 5.82 Å². The van der Waals surface area contributed by atoms with Gasteiger partial charge in [0.2, 0.25) is 0 Å². The van der Waals surface area contributed by atoms with Gasteiger partial charge in [-0.15, -0.1) is 0 Å². The number of carboxylic acids is 1. The highest BCUT2D eigenvalue weighted by atomic mass is 79.9. The number of benzene rings is 2. The van der Waals surface area contributed by atoms with E-state index >= 15 is 0 Å². The maximum atomic E-state index is 13.5. The molecule has 4 rings (SSSR count). The van der Waals surface area contributed by atoms with Crippen LogP contribution in [0.25, 0.3) is 10.9 Å². The van der Waals surface area contributed by atoms with Gasteiger partial charge < -0.3 is 15.7 Å². The van der Waals surface area contributed by atoms with Crippen molar-refractivity contribution >= 4 is 56.1 Å². The highest BCUT2D eigenvalue weighted by Crippen LogP contribution is 2.32. The summed E-state index contributed by atoms with van der Waals surface area (Å²) >= 11 is 9.90. The Kier molecular flexibility index (Phi) is 7.73. The fraction of sp³-hybridized carbons (Fsp3) is 0.346. The van der Waals surface area contributed by atoms with Crippen LogP contribution in [0.5, 0.6) is 0 Å². The molecule has 2 aromatic carbocycles. The average molecular weight is 545 g/mol. The molecule has 1 fully saturated rings. The molecule has 0 aliphatic heterocycles. The van der Waals surface area contributed by atoms with Gasteiger partial charge in [-0.2, -0.15) is 0 Å². The second-order valence-corrected chi connectivity index (χ2v) is 10.1. The number of hydrogen-bond donors (Lipinski definition) is 3. The first-order chi connectivity index (χ1) is 16.3. The molecule has 8 heteroatoms. The van der Waals surface area contributed by atoms with Crippen LogP contribution in [0.2, 0.25) is 5.02 Å². The summed E-state index contributed by atoms with van der Waals surface area (Å²) in [6.45, 7) is 3.03. The van der Waals surface area contributed by atoms with E-state index in [9.17, 15) is 14.7 Å². The van der Waals surface area contributed by atoms with Crippen molar-refractivity contribution in [3.63, 3.8) is 0 Å². The second kappa shape index (κ2) is 10.7. The zero-order valence-electron chi connectivity index (χ0n) is 18.9. The SMILES string of the molecule is Cc1c(NCC2CC2)nc2ccc(Br)cc2c1C(=O)NCC(CCC(=O)O)c1ccccc1Cl. The molecule has 178 valence electrons. The van der Waals surface area contributed by atoms with Gasteiger partial charge in [-0.25, -0.2) is 4.98 Å². The Labute approximate surface area is 212 Å². The fourth-order valence-electron chi connectivity index (χ4n) is 4.13. The minimum absolute atomic E-state index is 0.00877. The number of halogens is 2. The summed E-state index contributed by atoms with van der Waals surface area (Å²) in [6, 6.07) is 13.1. The lowest BCUT2D eigenvalue weighted by molar-refractivity contribution is -0.137. The van der Waals surface area contributed by atoms with Crippen molar-refractivity contribution in [2.45, 2.75) is 38.5 Å². The largest absolute Gasteiger partial charge is 0.481 e. The molecule has 1 atom stereocenters. The van der Waals surface area contributed by atoms with Gasteiger partial charge in [-0.05, 0) is 61.9 Å². The number of hydrogen-bond acceptors (Lipinski definition) is 4. The molecule has 1 unspecified atom stereocenters. The van der Waals surface area contributed by atoms with Gasteiger partial charge in [0.25, 0.3) is 5.91 Å². The first kappa shape index (κ1) is 24.5. The molecular weight excluding hydrogens is 518 g/mol. The van der Waals surface area contributed by atoms with E-state index in [1.54, 1.807) is 6.07 Å². The smallest absolute Gasteiger partial charge is 0.303 e. The van der Waals surface area contributed by atoms with Crippen LogP contribution in [0.3, 0.4) is 0 Å². The zero-order chi connectivity index (χ0) is 24.2. The van der Waals surface area contributed by atoms with Gasteiger partial charge in [0, 0.05) is 45.9 Å². The van der Waals surface area contributed by atoms with E-state index in [4.69, 9.17) is 16.6 Å². The van der Waals surface area contributed by atoms with E-state index in [0.717, 1.165) is 38.9 Å². The molecule has 1 heterocycles. The van der Waals surface area contributed by atoms with Crippen LogP contribution in [-0.4, -0.2) is 35.1 Å². The number of amides is 1. The summed E-state index contributed by atoms with van der Waals surface area (Å²) in [5.74, 6) is 0.0758. The standard InChI is InChI=1S/C26H27BrClN3O3/c1-15-24(20-12-18(27)9-10-22(20)31-25(15)29-13-16-6-7-16)26(34)30-14-17(8-11-23(32)33)19-4-2-3-5-21(19)28/h2-5,9-10,12,16-17H,6-8,11,13-14H2,1H3,(H,29,31)(H,30,34)(H,32,33). The normalized spacial score (nSPS) is 14.1. The van der Waals surface area contributed by atoms with E-state index in [-0.39, 0.29) is 24.8 Å². The average Bonchev–Trinajstić information content (AvgIpc) is 3.63. The Balaban J connectivity index is 1.62. The lowest BCUT2D eigenvalue weighted by Gasteiger charge is -2.20. The maximum Gasteiger partial charge on any atom is 0.303 e. The second-order valence-electron chi connectivity index (χ2n) is 8.81. The van der Waals surface area contributed by atoms with Crippen LogP contribution in [0, 0.1) is 12.8 Å². The van der Waals surface area contributed by atoms with E-state index < -0.39 is 5.97 Å². The number of rotatable bonds is 10. The van der Waals surface area contributed by atoms with Crippen LogP contribution >= 0.6 is 27.5 Å². The number of carbonyl (C=O) groups is 2. The van der Waals surface area contributed by atoms with Crippen molar-refractivity contribution < 1.29 is 14.7 Å². The molecule has 3 N–H and O–H groups in total. The third-order valence-corrected chi connectivity index (χ3v) is 7.07. The predicted octanol–water partition coefficient (Wildman–Crippen LogP) is 6.16. The minimum atomic E-state index is -0.879. The molecule has 0 saturated heterocycles. The first-order valence-electron chi connectivity index (χ1n) is 11.4. The van der Waals surface area contributed by atoms with Crippen LogP contribution < -0.4 is 10.6 Å². The molecule has 6 nitrogen and oxygen atoms in total. The maximum absolute atomic E-state index is 13.5. The number of anilines is 1. The van der Waals surface area contributed by atoms with Crippen molar-refractivity contribution in [3.05, 3.63) is 68.7 Å². The van der Waals surface area contributed by atoms with Crippen molar-refractivity contribution in [1.29, 1.82) is 0 Å². The van der Waals surface area contributed by atoms with Gasteiger partial charge >= 0.3 is 5.97 Å². The Hall–Kier alpha value is -2.64. The summed E-state index contributed by atoms with van der Waals surface area (Å²) < 4.78 is 0.865. The summed E-state index contributed by atoms with van der Waals surface area (Å²) in [7, 11) is 0. The zero-order valence-corrected chi connectivity index (χ0v) is 21.2. The molecule has 0 radical (unpaired) electrons. The summed E-state index contributed by atoms with van der Waals surface area (Å²) in [5, 5.41) is 17.0. The molecular formula is C26H27BrClN3O3. The third-order valence-electron chi connectivity index (χ3n) is 6.23. The fourth-order valence-corrected chi connectivity index (χ4v) is 4.79. The van der Waals surface area contributed by atoms with E-state index in [1.807, 2.05) is 43.3 Å². The van der Waals surface area contributed by atoms with Crippen molar-refractivity contribution in [1.82, 2.24) is 10.3 Å². The number of pyridine rings is 1. The van der Waals surface area contributed by atoms with Crippen molar-refractivity contribution in [2.75, 3.05) is 18.4 Å². The van der Waals surface area contributed by atoms with E-state index in [2.05, 4.69) is 26.6 Å². The summed E-state index contributed by atoms with van der Waals surface area (Å²) in [6.07, 6.45) is 2.81. The minimum Gasteiger partial charge on any atom is -0.481 e. The molecule has 1 amide bonds. The Morgan fingerprint density at radius 1 is 1.24 bits per heavy atom. The number of nitrogens with one attached hydrogen (secondary N) is 2. The molecule has 1 saturated carbocycles. The Morgan fingerprint density at radius 3 is 2.71 bits per heavy atom. The van der Waals surface area contributed by atoms with Crippen LogP contribution in [0.1, 0.15) is 53.1 Å². The molecule has 1 aliphatic carbocycles. The Bertz CT molecular complexity index is 1230. The molecule has 1 aromatic heterocycles. The van der Waals surface area contributed by atoms with Crippen LogP contribution in [0.15, 0.2) is 46.9 Å². The number of carbonyl (C=O) groups excluding carboxylic acids is 1. The highest BCUT2D eigenvalue weighted by molar-refractivity contribution is 9.10. The quantitative estimate of drug-likeness (QED) is 0.284. The van der Waals surface area contributed by atoms with Crippen molar-refractivity contribution in [2.24, 2.45) is 5.92 Å². The molecule has 0 spiro atoms. The lowest BCUT2D eigenvalue weighted by atomic mass is 9.93. The molecule has 1 aliphatic rings. The monoisotopic (exact) mass is 543 g/mol. The number of nitrogens with zero attached hydrogens (tertiary/aromatic N) is 1. The summed E-state index contributed by atoms with van der Waals surface area (Å²) in [4.78, 5) is 29.5. The van der Waals surface area contributed by atoms with Crippen LogP contribution in [-0.2, 0) is 4.79 Å². The molecule has 34 heavy (non-hydrogen) atoms. The van der Waals surface area contributed by atoms with Gasteiger partial charge in [0.15, 0.2) is 0 Å². The Morgan fingerprint density at radius 2 is 2.00 bits per heavy atom. The first-order valence-corrected chi connectivity index (χ1v) is 12.6. The lowest BCUT2D eigenvalue weighted by Crippen LogP contribution is -2.30.